The van der Waals surface area contributed by atoms with Gasteiger partial charge in [-0.1, -0.05) is 0 Å². The largest absolute Gasteiger partial charge is 0.331 e. The van der Waals surface area contributed by atoms with Crippen molar-refractivity contribution in [1.29, 1.82) is 0 Å². The van der Waals surface area contributed by atoms with Gasteiger partial charge in [0.15, 0.2) is 0 Å². The van der Waals surface area contributed by atoms with Crippen molar-refractivity contribution in [3.8, 4) is 0 Å². The molecular weight excluding hydrogens is 276 g/mol. The number of aromatic nitrogens is 2. The van der Waals surface area contributed by atoms with Gasteiger partial charge >= 0.3 is 0 Å². The van der Waals surface area contributed by atoms with Gasteiger partial charge in [-0.3, -0.25) is 0 Å². The third kappa shape index (κ3) is 3.80. The molecule has 0 atom stereocenters. The molecule has 2 rings (SSSR count). The van der Waals surface area contributed by atoms with Crippen molar-refractivity contribution in [2.24, 2.45) is 0 Å². The molecule has 1 fully saturated rings. The van der Waals surface area contributed by atoms with Gasteiger partial charge in [0, 0.05) is 37.9 Å². The maximum Gasteiger partial charge on any atom is 0.211 e. The molecule has 1 aromatic rings. The lowest BCUT2D eigenvalue weighted by molar-refractivity contribution is 0.288. The van der Waals surface area contributed by atoms with E-state index in [0.29, 0.717) is 25.2 Å². The van der Waals surface area contributed by atoms with E-state index in [0.717, 1.165) is 19.4 Å². The molecule has 0 saturated carbocycles. The lowest BCUT2D eigenvalue weighted by Gasteiger charge is -2.30. The van der Waals surface area contributed by atoms with Crippen LogP contribution in [0.5, 0.6) is 0 Å². The quantitative estimate of drug-likeness (QED) is 0.880. The summed E-state index contributed by atoms with van der Waals surface area (Å²) in [6.45, 7) is 6.27. The summed E-state index contributed by atoms with van der Waals surface area (Å²) in [5.41, 5.74) is 1.17. The number of hydrogen-bond acceptors (Lipinski definition) is 4. The van der Waals surface area contributed by atoms with Crippen molar-refractivity contribution < 1.29 is 8.42 Å². The van der Waals surface area contributed by atoms with Crippen LogP contribution in [0.4, 0.5) is 0 Å². The molecular formula is C13H24N4O2S. The van der Waals surface area contributed by atoms with Gasteiger partial charge in [-0.2, -0.15) is 0 Å². The molecule has 0 unspecified atom stereocenters. The smallest absolute Gasteiger partial charge is 0.211 e. The van der Waals surface area contributed by atoms with Crippen LogP contribution >= 0.6 is 0 Å². The van der Waals surface area contributed by atoms with Crippen LogP contribution in [-0.4, -0.2) is 47.7 Å². The number of nitrogens with zero attached hydrogens (tertiary/aromatic N) is 3. The van der Waals surface area contributed by atoms with E-state index in [1.165, 1.54) is 11.9 Å². The Bertz CT molecular complexity index is 530. The summed E-state index contributed by atoms with van der Waals surface area (Å²) in [6, 6.07) is 0.782. The Morgan fingerprint density at radius 1 is 1.40 bits per heavy atom. The predicted octanol–water partition coefficient (Wildman–Crippen LogP) is 0.978. The second-order valence-corrected chi connectivity index (χ2v) is 7.69. The van der Waals surface area contributed by atoms with E-state index >= 15 is 0 Å². The third-order valence-corrected chi connectivity index (χ3v) is 5.10. The van der Waals surface area contributed by atoms with Crippen LogP contribution in [0.25, 0.3) is 0 Å². The van der Waals surface area contributed by atoms with E-state index in [4.69, 9.17) is 0 Å². The number of sulfonamides is 1. The van der Waals surface area contributed by atoms with Crippen molar-refractivity contribution in [1.82, 2.24) is 19.2 Å². The van der Waals surface area contributed by atoms with Crippen molar-refractivity contribution in [2.45, 2.75) is 45.3 Å². The summed E-state index contributed by atoms with van der Waals surface area (Å²) in [5.74, 6) is 0. The van der Waals surface area contributed by atoms with Crippen molar-refractivity contribution in [2.75, 3.05) is 19.3 Å². The minimum Gasteiger partial charge on any atom is -0.331 e. The van der Waals surface area contributed by atoms with Gasteiger partial charge in [0.2, 0.25) is 10.0 Å². The molecule has 0 radical (unpaired) electrons. The SMILES string of the molecule is CC(C)n1cncc1CNC1CCN(S(C)(=O)=O)CC1. The van der Waals surface area contributed by atoms with E-state index in [-0.39, 0.29) is 0 Å². The average Bonchev–Trinajstić information content (AvgIpc) is 2.84. The molecule has 1 aromatic heterocycles. The first kappa shape index (κ1) is 15.5. The van der Waals surface area contributed by atoms with Crippen LogP contribution in [0.1, 0.15) is 38.4 Å². The zero-order valence-electron chi connectivity index (χ0n) is 12.4. The van der Waals surface area contributed by atoms with Gasteiger partial charge in [0.05, 0.1) is 18.3 Å². The van der Waals surface area contributed by atoms with Crippen LogP contribution < -0.4 is 5.32 Å². The van der Waals surface area contributed by atoms with E-state index in [1.807, 2.05) is 12.5 Å². The van der Waals surface area contributed by atoms with Gasteiger partial charge in [-0.05, 0) is 26.7 Å². The minimum atomic E-state index is -3.03. The maximum atomic E-state index is 11.5. The molecule has 1 aliphatic rings. The Morgan fingerprint density at radius 3 is 2.60 bits per heavy atom. The van der Waals surface area contributed by atoms with Crippen molar-refractivity contribution in [3.63, 3.8) is 0 Å². The molecule has 1 N–H and O–H groups in total. The van der Waals surface area contributed by atoms with Crippen LogP contribution in [-0.2, 0) is 16.6 Å². The molecule has 0 amide bonds. The summed E-state index contributed by atoms with van der Waals surface area (Å²) in [7, 11) is -3.03. The number of rotatable bonds is 5. The van der Waals surface area contributed by atoms with Crippen molar-refractivity contribution in [3.05, 3.63) is 18.2 Å². The fraction of sp³-hybridized carbons (Fsp3) is 0.769. The second kappa shape index (κ2) is 6.24. The van der Waals surface area contributed by atoms with Crippen LogP contribution in [0, 0.1) is 0 Å². The molecule has 114 valence electrons. The molecule has 1 aliphatic heterocycles. The number of hydrogen-bond donors (Lipinski definition) is 1. The first-order valence-corrected chi connectivity index (χ1v) is 8.92. The zero-order chi connectivity index (χ0) is 14.8. The standard InChI is InChI=1S/C13H24N4O2S/c1-11(2)17-10-14-8-13(17)9-15-12-4-6-16(7-5-12)20(3,18)19/h8,10-12,15H,4-7,9H2,1-3H3. The van der Waals surface area contributed by atoms with Gasteiger partial charge in [0.25, 0.3) is 0 Å². The molecule has 6 nitrogen and oxygen atoms in total. The highest BCUT2D eigenvalue weighted by atomic mass is 32.2. The first-order valence-electron chi connectivity index (χ1n) is 7.07. The number of piperidine rings is 1. The number of nitrogens with one attached hydrogen (secondary N) is 1. The highest BCUT2D eigenvalue weighted by Crippen LogP contribution is 2.14. The summed E-state index contributed by atoms with van der Waals surface area (Å²) in [4.78, 5) is 4.19. The van der Waals surface area contributed by atoms with Crippen molar-refractivity contribution >= 4 is 10.0 Å². The predicted molar refractivity (Wildman–Crippen MR) is 78.9 cm³/mol. The van der Waals surface area contributed by atoms with Crippen LogP contribution in [0.2, 0.25) is 0 Å². The Labute approximate surface area is 121 Å². The topological polar surface area (TPSA) is 67.2 Å². The molecule has 0 aromatic carbocycles. The Balaban J connectivity index is 1.83. The molecule has 2 heterocycles. The van der Waals surface area contributed by atoms with Gasteiger partial charge in [-0.15, -0.1) is 0 Å². The fourth-order valence-electron chi connectivity index (χ4n) is 2.57. The summed E-state index contributed by atoms with van der Waals surface area (Å²) < 4.78 is 26.6. The summed E-state index contributed by atoms with van der Waals surface area (Å²) in [5, 5.41) is 3.51. The maximum absolute atomic E-state index is 11.5. The van der Waals surface area contributed by atoms with E-state index in [9.17, 15) is 8.42 Å². The Hall–Kier alpha value is -0.920. The second-order valence-electron chi connectivity index (χ2n) is 5.70. The highest BCUT2D eigenvalue weighted by Gasteiger charge is 2.24. The van der Waals surface area contributed by atoms with Gasteiger partial charge in [-0.25, -0.2) is 17.7 Å². The molecule has 1 saturated heterocycles. The van der Waals surface area contributed by atoms with Crippen LogP contribution in [0.3, 0.4) is 0 Å². The average molecular weight is 300 g/mol. The lowest BCUT2D eigenvalue weighted by Crippen LogP contribution is -2.44. The first-order chi connectivity index (χ1) is 9.38. The molecule has 0 bridgehead atoms. The highest BCUT2D eigenvalue weighted by molar-refractivity contribution is 7.88. The fourth-order valence-corrected chi connectivity index (χ4v) is 3.45. The third-order valence-electron chi connectivity index (χ3n) is 3.80. The summed E-state index contributed by atoms with van der Waals surface area (Å²) in [6.07, 6.45) is 6.75. The monoisotopic (exact) mass is 300 g/mol. The van der Waals surface area contributed by atoms with Gasteiger partial charge < -0.3 is 9.88 Å². The molecule has 20 heavy (non-hydrogen) atoms. The minimum absolute atomic E-state index is 0.378. The van der Waals surface area contributed by atoms with E-state index in [1.54, 1.807) is 4.31 Å². The molecule has 0 spiro atoms. The Kier molecular flexibility index (Phi) is 4.82. The van der Waals surface area contributed by atoms with Gasteiger partial charge in [0.1, 0.15) is 0 Å². The van der Waals surface area contributed by atoms with E-state index in [2.05, 4.69) is 28.7 Å². The zero-order valence-corrected chi connectivity index (χ0v) is 13.2. The lowest BCUT2D eigenvalue weighted by atomic mass is 10.1. The van der Waals surface area contributed by atoms with E-state index < -0.39 is 10.0 Å². The normalized spacial score (nSPS) is 18.8. The van der Waals surface area contributed by atoms with Crippen LogP contribution in [0.15, 0.2) is 12.5 Å². The molecule has 0 aliphatic carbocycles. The molecule has 7 heteroatoms. The summed E-state index contributed by atoms with van der Waals surface area (Å²) >= 11 is 0. The Morgan fingerprint density at radius 2 is 2.05 bits per heavy atom. The number of imidazole rings is 1.